The Bertz CT molecular complexity index is 1250. The number of hydrogen-bond acceptors (Lipinski definition) is 3. The van der Waals surface area contributed by atoms with Gasteiger partial charge in [0.2, 0.25) is 0 Å². The van der Waals surface area contributed by atoms with Crippen molar-refractivity contribution < 1.29 is 27.5 Å². The van der Waals surface area contributed by atoms with Crippen LogP contribution < -0.4 is 0 Å². The number of aliphatic carboxylic acids is 1. The fourth-order valence-corrected chi connectivity index (χ4v) is 4.43. The lowest BCUT2D eigenvalue weighted by atomic mass is 9.73. The number of hydrogen-bond donors (Lipinski definition) is 1. The first-order valence-corrected chi connectivity index (χ1v) is 9.59. The topological polar surface area (TPSA) is 63.1 Å². The van der Waals surface area contributed by atoms with Gasteiger partial charge in [0, 0.05) is 0 Å². The van der Waals surface area contributed by atoms with E-state index in [-0.39, 0.29) is 23.0 Å². The van der Waals surface area contributed by atoms with Gasteiger partial charge < -0.3 is 5.11 Å². The Kier molecular flexibility index (Phi) is 4.83. The Labute approximate surface area is 175 Å². The lowest BCUT2D eigenvalue weighted by molar-refractivity contribution is -0.142. The molecule has 0 amide bonds. The number of rotatable bonds is 3. The zero-order chi connectivity index (χ0) is 22.6. The van der Waals surface area contributed by atoms with E-state index in [4.69, 9.17) is 0 Å². The second-order valence-corrected chi connectivity index (χ2v) is 7.68. The van der Waals surface area contributed by atoms with Crippen molar-refractivity contribution in [1.29, 1.82) is 0 Å². The summed E-state index contributed by atoms with van der Waals surface area (Å²) in [7, 11) is 0. The van der Waals surface area contributed by atoms with Gasteiger partial charge in [0.1, 0.15) is 11.2 Å². The summed E-state index contributed by atoms with van der Waals surface area (Å²) in [6.07, 6.45) is -3.23. The fraction of sp³-hybridized carbons (Fsp3) is 0.261. The number of carboxylic acids is 1. The fourth-order valence-electron chi connectivity index (χ4n) is 4.43. The third kappa shape index (κ3) is 3.26. The minimum absolute atomic E-state index is 0.0975. The van der Waals surface area contributed by atoms with E-state index in [1.807, 2.05) is 0 Å². The lowest BCUT2D eigenvalue weighted by Gasteiger charge is -2.29. The Balaban J connectivity index is 1.85. The number of benzene rings is 2. The molecule has 0 spiro atoms. The number of allylic oxidation sites excluding steroid dienone is 1. The highest BCUT2D eigenvalue weighted by molar-refractivity contribution is 5.93. The van der Waals surface area contributed by atoms with Crippen molar-refractivity contribution in [2.24, 2.45) is 0 Å². The molecule has 1 atom stereocenters. The van der Waals surface area contributed by atoms with Crippen molar-refractivity contribution in [2.75, 3.05) is 0 Å². The zero-order valence-electron chi connectivity index (χ0n) is 16.7. The van der Waals surface area contributed by atoms with Crippen LogP contribution in [0.1, 0.15) is 42.1 Å². The first-order valence-electron chi connectivity index (χ1n) is 9.59. The van der Waals surface area contributed by atoms with E-state index in [9.17, 15) is 27.5 Å². The highest BCUT2D eigenvalue weighted by Gasteiger charge is 2.48. The third-order valence-electron chi connectivity index (χ3n) is 6.12. The summed E-state index contributed by atoms with van der Waals surface area (Å²) >= 11 is 0. The van der Waals surface area contributed by atoms with Crippen molar-refractivity contribution in [1.82, 2.24) is 9.97 Å². The minimum Gasteiger partial charge on any atom is -0.480 e. The molecule has 1 heterocycles. The van der Waals surface area contributed by atoms with E-state index in [0.717, 1.165) is 5.57 Å². The van der Waals surface area contributed by atoms with Crippen molar-refractivity contribution in [2.45, 2.75) is 38.3 Å². The van der Waals surface area contributed by atoms with Crippen molar-refractivity contribution >= 4 is 22.6 Å². The molecule has 160 valence electrons. The predicted molar refractivity (Wildman–Crippen MR) is 107 cm³/mol. The first-order chi connectivity index (χ1) is 14.6. The molecule has 4 rings (SSSR count). The smallest absolute Gasteiger partial charge is 0.434 e. The van der Waals surface area contributed by atoms with Crippen LogP contribution in [0.2, 0.25) is 0 Å². The van der Waals surface area contributed by atoms with Crippen LogP contribution >= 0.6 is 0 Å². The van der Waals surface area contributed by atoms with Crippen LogP contribution in [0.5, 0.6) is 0 Å². The minimum atomic E-state index is -4.59. The molecule has 4 nitrogen and oxygen atoms in total. The van der Waals surface area contributed by atoms with Gasteiger partial charge in [-0.25, -0.2) is 9.37 Å². The van der Waals surface area contributed by atoms with Crippen LogP contribution in [-0.2, 0) is 16.4 Å². The molecule has 0 bridgehead atoms. The number of fused-ring (bicyclic) bond motifs is 1. The average molecular weight is 430 g/mol. The van der Waals surface area contributed by atoms with E-state index in [1.54, 1.807) is 32.0 Å². The summed E-state index contributed by atoms with van der Waals surface area (Å²) in [4.78, 5) is 19.9. The molecule has 1 aliphatic carbocycles. The van der Waals surface area contributed by atoms with Gasteiger partial charge in [-0.3, -0.25) is 9.78 Å². The summed E-state index contributed by atoms with van der Waals surface area (Å²) in [5.41, 5.74) is 0.620. The molecule has 1 N–H and O–H groups in total. The van der Waals surface area contributed by atoms with Gasteiger partial charge in [0.15, 0.2) is 5.69 Å². The van der Waals surface area contributed by atoms with Gasteiger partial charge in [0.05, 0.1) is 17.2 Å². The van der Waals surface area contributed by atoms with Crippen LogP contribution in [0.25, 0.3) is 16.6 Å². The van der Waals surface area contributed by atoms with E-state index >= 15 is 0 Å². The second-order valence-electron chi connectivity index (χ2n) is 7.68. The zero-order valence-corrected chi connectivity index (χ0v) is 16.7. The third-order valence-corrected chi connectivity index (χ3v) is 6.12. The maximum atomic E-state index is 14.2. The van der Waals surface area contributed by atoms with E-state index in [1.165, 1.54) is 18.2 Å². The molecule has 2 aromatic carbocycles. The lowest BCUT2D eigenvalue weighted by Crippen LogP contribution is -2.35. The summed E-state index contributed by atoms with van der Waals surface area (Å²) in [5.74, 6) is -1.54. The molecule has 3 aromatic rings. The van der Waals surface area contributed by atoms with Gasteiger partial charge in [-0.05, 0) is 72.7 Å². The summed E-state index contributed by atoms with van der Waals surface area (Å²) in [6.45, 7) is 3.27. The maximum absolute atomic E-state index is 14.2. The largest absolute Gasteiger partial charge is 0.480 e. The highest BCUT2D eigenvalue weighted by Crippen LogP contribution is 2.50. The molecule has 31 heavy (non-hydrogen) atoms. The van der Waals surface area contributed by atoms with Gasteiger partial charge in [0.25, 0.3) is 0 Å². The summed E-state index contributed by atoms with van der Waals surface area (Å²) in [6, 6.07) is 9.09. The number of alkyl halides is 3. The van der Waals surface area contributed by atoms with Crippen LogP contribution in [-0.4, -0.2) is 21.0 Å². The molecule has 0 radical (unpaired) electrons. The standard InChI is InChI=1S/C23H18F4N2O2/c1-12-16(4-3-5-17(12)24)22(21(30)31)9-8-15(13(22)2)14-6-7-18-19(10-14)28-11-20(29-18)23(25,26)27/h3-7,10-11H,8-9H2,1-2H3,(H,30,31)/t22-/m0/s1. The summed E-state index contributed by atoms with van der Waals surface area (Å²) < 4.78 is 52.8. The van der Waals surface area contributed by atoms with Crippen molar-refractivity contribution in [3.8, 4) is 0 Å². The monoisotopic (exact) mass is 430 g/mol. The quantitative estimate of drug-likeness (QED) is 0.543. The van der Waals surface area contributed by atoms with Gasteiger partial charge in [-0.15, -0.1) is 0 Å². The van der Waals surface area contributed by atoms with Crippen molar-refractivity contribution in [3.63, 3.8) is 0 Å². The van der Waals surface area contributed by atoms with Crippen LogP contribution in [0.3, 0.4) is 0 Å². The predicted octanol–water partition coefficient (Wildman–Crippen LogP) is 5.69. The molecule has 0 saturated heterocycles. The number of aromatic nitrogens is 2. The van der Waals surface area contributed by atoms with Crippen LogP contribution in [0, 0.1) is 12.7 Å². The van der Waals surface area contributed by atoms with E-state index in [0.29, 0.717) is 29.3 Å². The first kappa shape index (κ1) is 21.0. The Morgan fingerprint density at radius 2 is 1.87 bits per heavy atom. The molecule has 0 unspecified atom stereocenters. The second kappa shape index (κ2) is 7.14. The number of carboxylic acid groups (broad SMARTS) is 1. The van der Waals surface area contributed by atoms with E-state index in [2.05, 4.69) is 9.97 Å². The van der Waals surface area contributed by atoms with Gasteiger partial charge in [-0.1, -0.05) is 18.2 Å². The Hall–Kier alpha value is -3.29. The van der Waals surface area contributed by atoms with Gasteiger partial charge in [-0.2, -0.15) is 13.2 Å². The normalized spacial score (nSPS) is 19.3. The number of nitrogens with zero attached hydrogens (tertiary/aromatic N) is 2. The SMILES string of the molecule is CC1=C(c2ccc3nc(C(F)(F)F)cnc3c2)CC[C@@]1(C(=O)O)c1cccc(F)c1C. The molecule has 1 aromatic heterocycles. The average Bonchev–Trinajstić information content (AvgIpc) is 3.06. The number of carbonyl (C=O) groups is 1. The molecule has 1 aliphatic rings. The molecule has 8 heteroatoms. The molecule has 0 saturated carbocycles. The molecular weight excluding hydrogens is 412 g/mol. The molecular formula is C23H18F4N2O2. The van der Waals surface area contributed by atoms with Crippen LogP contribution in [0.15, 0.2) is 48.2 Å². The molecule has 0 fully saturated rings. The maximum Gasteiger partial charge on any atom is 0.434 e. The Morgan fingerprint density at radius 3 is 2.55 bits per heavy atom. The van der Waals surface area contributed by atoms with Gasteiger partial charge >= 0.3 is 12.1 Å². The number of halogens is 4. The van der Waals surface area contributed by atoms with Crippen molar-refractivity contribution in [3.05, 3.63) is 76.4 Å². The summed E-state index contributed by atoms with van der Waals surface area (Å²) in [5, 5.41) is 10.2. The molecule has 0 aliphatic heterocycles. The Morgan fingerprint density at radius 1 is 1.13 bits per heavy atom. The van der Waals surface area contributed by atoms with E-state index < -0.39 is 29.1 Å². The van der Waals surface area contributed by atoms with Crippen LogP contribution in [0.4, 0.5) is 17.6 Å². The highest BCUT2D eigenvalue weighted by atomic mass is 19.4.